The molecule has 0 amide bonds. The van der Waals surface area contributed by atoms with Crippen molar-refractivity contribution in [3.63, 3.8) is 0 Å². The molecule has 1 N–H and O–H groups in total. The molecule has 0 spiro atoms. The van der Waals surface area contributed by atoms with Gasteiger partial charge >= 0.3 is 0 Å². The van der Waals surface area contributed by atoms with Crippen LogP contribution < -0.4 is 0 Å². The summed E-state index contributed by atoms with van der Waals surface area (Å²) in [6, 6.07) is 7.53. The second kappa shape index (κ2) is 6.49. The fraction of sp³-hybridized carbons (Fsp3) is 0.455. The van der Waals surface area contributed by atoms with E-state index in [1.165, 1.54) is 4.31 Å². The van der Waals surface area contributed by atoms with Crippen LogP contribution in [0.4, 0.5) is 0 Å². The Morgan fingerprint density at radius 1 is 1.41 bits per heavy atom. The van der Waals surface area contributed by atoms with Gasteiger partial charge in [0.2, 0.25) is 10.0 Å². The maximum Gasteiger partial charge on any atom is 0.214 e. The summed E-state index contributed by atoms with van der Waals surface area (Å²) in [5.41, 5.74) is 0.925. The molecule has 1 aromatic rings. The number of aliphatic hydroxyl groups is 1. The topological polar surface area (TPSA) is 57.6 Å². The van der Waals surface area contributed by atoms with Crippen molar-refractivity contribution < 1.29 is 13.5 Å². The molecule has 0 atom stereocenters. The molecule has 96 valence electrons. The van der Waals surface area contributed by atoms with Crippen LogP contribution in [0.25, 0.3) is 0 Å². The summed E-state index contributed by atoms with van der Waals surface area (Å²) in [6.07, 6.45) is 0.269. The van der Waals surface area contributed by atoms with Crippen LogP contribution in [0, 0.1) is 0 Å². The first-order chi connectivity index (χ1) is 7.95. The molecular weight excluding hydrogens is 306 g/mol. The van der Waals surface area contributed by atoms with Gasteiger partial charge in [0.25, 0.3) is 0 Å². The number of hydrogen-bond donors (Lipinski definition) is 1. The van der Waals surface area contributed by atoms with Crippen LogP contribution in [-0.2, 0) is 16.6 Å². The average molecular weight is 322 g/mol. The number of benzene rings is 1. The summed E-state index contributed by atoms with van der Waals surface area (Å²) >= 11 is 3.34. The number of rotatable bonds is 6. The van der Waals surface area contributed by atoms with E-state index in [4.69, 9.17) is 5.11 Å². The van der Waals surface area contributed by atoms with Gasteiger partial charge in [-0.25, -0.2) is 12.7 Å². The molecule has 0 saturated heterocycles. The van der Waals surface area contributed by atoms with Gasteiger partial charge in [-0.1, -0.05) is 28.1 Å². The van der Waals surface area contributed by atoms with Crippen molar-refractivity contribution in [3.8, 4) is 0 Å². The Hall–Kier alpha value is -0.430. The van der Waals surface area contributed by atoms with Crippen LogP contribution >= 0.6 is 15.9 Å². The Kier molecular flexibility index (Phi) is 5.58. The largest absolute Gasteiger partial charge is 0.396 e. The number of aliphatic hydroxyl groups excluding tert-OH is 1. The van der Waals surface area contributed by atoms with Crippen LogP contribution in [0.2, 0.25) is 0 Å². The van der Waals surface area contributed by atoms with Crippen LogP contribution in [0.3, 0.4) is 0 Å². The number of sulfonamides is 1. The Morgan fingerprint density at radius 3 is 2.71 bits per heavy atom. The van der Waals surface area contributed by atoms with Crippen LogP contribution in [0.5, 0.6) is 0 Å². The summed E-state index contributed by atoms with van der Waals surface area (Å²) in [5, 5.41) is 8.65. The Balaban J connectivity index is 2.68. The molecule has 6 heteroatoms. The molecule has 0 aliphatic rings. The van der Waals surface area contributed by atoms with Crippen molar-refractivity contribution in [2.45, 2.75) is 13.0 Å². The maximum atomic E-state index is 11.8. The number of nitrogens with zero attached hydrogens (tertiary/aromatic N) is 1. The third-order valence-electron chi connectivity index (χ3n) is 2.33. The van der Waals surface area contributed by atoms with E-state index in [9.17, 15) is 8.42 Å². The molecule has 1 rings (SSSR count). The standard InChI is InChI=1S/C11H16BrNO3S/c1-13(17(15,16)7-3-6-14)9-10-4-2-5-11(12)8-10/h2,4-5,8,14H,3,6-7,9H2,1H3. The van der Waals surface area contributed by atoms with Gasteiger partial charge in [-0.2, -0.15) is 0 Å². The van der Waals surface area contributed by atoms with Gasteiger partial charge in [0.15, 0.2) is 0 Å². The fourth-order valence-corrected chi connectivity index (χ4v) is 2.99. The third kappa shape index (κ3) is 4.75. The minimum atomic E-state index is -3.28. The molecule has 0 fully saturated rings. The summed E-state index contributed by atoms with van der Waals surface area (Å²) in [6.45, 7) is 0.233. The lowest BCUT2D eigenvalue weighted by molar-refractivity contribution is 0.294. The zero-order chi connectivity index (χ0) is 12.9. The van der Waals surface area contributed by atoms with Crippen LogP contribution in [-0.4, -0.2) is 37.2 Å². The van der Waals surface area contributed by atoms with Gasteiger partial charge in [-0.05, 0) is 24.1 Å². The van der Waals surface area contributed by atoms with E-state index in [0.717, 1.165) is 10.0 Å². The van der Waals surface area contributed by atoms with Crippen LogP contribution in [0.1, 0.15) is 12.0 Å². The highest BCUT2D eigenvalue weighted by atomic mass is 79.9. The van der Waals surface area contributed by atoms with E-state index < -0.39 is 10.0 Å². The molecule has 0 aromatic heterocycles. The number of hydrogen-bond acceptors (Lipinski definition) is 3. The van der Waals surface area contributed by atoms with Crippen molar-refractivity contribution in [1.82, 2.24) is 4.31 Å². The van der Waals surface area contributed by atoms with Crippen molar-refractivity contribution in [2.24, 2.45) is 0 Å². The van der Waals surface area contributed by atoms with Crippen molar-refractivity contribution in [1.29, 1.82) is 0 Å². The van der Waals surface area contributed by atoms with Crippen molar-refractivity contribution >= 4 is 26.0 Å². The van der Waals surface area contributed by atoms with Gasteiger partial charge in [-0.15, -0.1) is 0 Å². The quantitative estimate of drug-likeness (QED) is 0.865. The number of halogens is 1. The highest BCUT2D eigenvalue weighted by Crippen LogP contribution is 2.14. The average Bonchev–Trinajstić information content (AvgIpc) is 2.26. The maximum absolute atomic E-state index is 11.8. The van der Waals surface area contributed by atoms with Crippen molar-refractivity contribution in [2.75, 3.05) is 19.4 Å². The van der Waals surface area contributed by atoms with E-state index >= 15 is 0 Å². The zero-order valence-electron chi connectivity index (χ0n) is 9.63. The monoisotopic (exact) mass is 321 g/mol. The summed E-state index contributed by atoms with van der Waals surface area (Å²) in [5.74, 6) is -0.0198. The molecule has 0 aliphatic heterocycles. The molecular formula is C11H16BrNO3S. The normalized spacial score (nSPS) is 12.0. The fourth-order valence-electron chi connectivity index (χ4n) is 1.39. The first-order valence-electron chi connectivity index (χ1n) is 5.25. The first kappa shape index (κ1) is 14.6. The second-order valence-electron chi connectivity index (χ2n) is 3.78. The minimum absolute atomic E-state index is 0.0198. The van der Waals surface area contributed by atoms with Crippen LogP contribution in [0.15, 0.2) is 28.7 Å². The van der Waals surface area contributed by atoms with E-state index in [-0.39, 0.29) is 18.8 Å². The van der Waals surface area contributed by atoms with E-state index in [2.05, 4.69) is 15.9 Å². The lowest BCUT2D eigenvalue weighted by Gasteiger charge is -2.17. The Bertz CT molecular complexity index is 462. The lowest BCUT2D eigenvalue weighted by atomic mass is 10.2. The highest BCUT2D eigenvalue weighted by molar-refractivity contribution is 9.10. The molecule has 0 unspecified atom stereocenters. The predicted molar refractivity (Wildman–Crippen MR) is 71.1 cm³/mol. The Morgan fingerprint density at radius 2 is 2.12 bits per heavy atom. The molecule has 0 bridgehead atoms. The Labute approximate surface area is 110 Å². The lowest BCUT2D eigenvalue weighted by Crippen LogP contribution is -2.29. The minimum Gasteiger partial charge on any atom is -0.396 e. The van der Waals surface area contributed by atoms with E-state index in [1.54, 1.807) is 7.05 Å². The molecule has 0 heterocycles. The summed E-state index contributed by atoms with van der Waals surface area (Å²) in [4.78, 5) is 0. The summed E-state index contributed by atoms with van der Waals surface area (Å²) < 4.78 is 25.8. The molecule has 4 nitrogen and oxygen atoms in total. The molecule has 1 aromatic carbocycles. The molecule has 0 aliphatic carbocycles. The molecule has 0 saturated carbocycles. The van der Waals surface area contributed by atoms with E-state index in [0.29, 0.717) is 6.54 Å². The second-order valence-corrected chi connectivity index (χ2v) is 6.89. The molecule has 0 radical (unpaired) electrons. The highest BCUT2D eigenvalue weighted by Gasteiger charge is 2.17. The van der Waals surface area contributed by atoms with Gasteiger partial charge in [0.05, 0.1) is 5.75 Å². The van der Waals surface area contributed by atoms with Crippen molar-refractivity contribution in [3.05, 3.63) is 34.3 Å². The van der Waals surface area contributed by atoms with E-state index in [1.807, 2.05) is 24.3 Å². The van der Waals surface area contributed by atoms with Gasteiger partial charge in [-0.3, -0.25) is 0 Å². The third-order valence-corrected chi connectivity index (χ3v) is 4.71. The smallest absolute Gasteiger partial charge is 0.214 e. The predicted octanol–water partition coefficient (Wildman–Crippen LogP) is 1.59. The molecule has 17 heavy (non-hydrogen) atoms. The zero-order valence-corrected chi connectivity index (χ0v) is 12.0. The SMILES string of the molecule is CN(Cc1cccc(Br)c1)S(=O)(=O)CCCO. The first-order valence-corrected chi connectivity index (χ1v) is 7.65. The van der Waals surface area contributed by atoms with Gasteiger partial charge in [0.1, 0.15) is 0 Å². The van der Waals surface area contributed by atoms with Gasteiger partial charge < -0.3 is 5.11 Å². The van der Waals surface area contributed by atoms with Gasteiger partial charge in [0, 0.05) is 24.7 Å². The summed E-state index contributed by atoms with van der Waals surface area (Å²) in [7, 11) is -1.73.